The van der Waals surface area contributed by atoms with Crippen molar-refractivity contribution >= 4 is 11.9 Å². The van der Waals surface area contributed by atoms with Crippen molar-refractivity contribution in [1.29, 1.82) is 0 Å². The summed E-state index contributed by atoms with van der Waals surface area (Å²) in [7, 11) is 1.40. The van der Waals surface area contributed by atoms with Crippen LogP contribution < -0.4 is 5.32 Å². The molecule has 0 aliphatic carbocycles. The standard InChI is InChI=1S/C12H22N2O6/c1-17-8-12(16)20-10-18-7-2-11(15)19-9-14-5-3-13-4-6-14/h13H,2-10H2,1H3. The Morgan fingerprint density at radius 2 is 1.90 bits per heavy atom. The van der Waals surface area contributed by atoms with Crippen LogP contribution in [-0.4, -0.2) is 76.9 Å². The fourth-order valence-corrected chi connectivity index (χ4v) is 1.56. The van der Waals surface area contributed by atoms with Gasteiger partial charge >= 0.3 is 11.9 Å². The van der Waals surface area contributed by atoms with Crippen molar-refractivity contribution < 1.29 is 28.5 Å². The summed E-state index contributed by atoms with van der Waals surface area (Å²) < 4.78 is 19.3. The average molecular weight is 290 g/mol. The molecule has 0 amide bonds. The number of piperazine rings is 1. The molecule has 20 heavy (non-hydrogen) atoms. The van der Waals surface area contributed by atoms with Gasteiger partial charge in [-0.25, -0.2) is 4.79 Å². The van der Waals surface area contributed by atoms with Gasteiger partial charge in [-0.05, 0) is 0 Å². The minimum Gasteiger partial charge on any atom is -0.449 e. The molecule has 0 saturated carbocycles. The minimum atomic E-state index is -0.506. The van der Waals surface area contributed by atoms with E-state index in [0.29, 0.717) is 6.73 Å². The molecule has 1 saturated heterocycles. The number of hydrogen-bond donors (Lipinski definition) is 1. The lowest BCUT2D eigenvalue weighted by Crippen LogP contribution is -2.44. The van der Waals surface area contributed by atoms with Crippen LogP contribution in [0.2, 0.25) is 0 Å². The maximum absolute atomic E-state index is 11.4. The third-order valence-corrected chi connectivity index (χ3v) is 2.63. The molecule has 0 aromatic rings. The van der Waals surface area contributed by atoms with E-state index >= 15 is 0 Å². The van der Waals surface area contributed by atoms with E-state index in [1.807, 2.05) is 0 Å². The van der Waals surface area contributed by atoms with Gasteiger partial charge in [0.1, 0.15) is 13.3 Å². The number of nitrogens with one attached hydrogen (secondary N) is 1. The van der Waals surface area contributed by atoms with Gasteiger partial charge in [0.25, 0.3) is 0 Å². The van der Waals surface area contributed by atoms with E-state index in [9.17, 15) is 9.59 Å². The van der Waals surface area contributed by atoms with E-state index < -0.39 is 5.97 Å². The van der Waals surface area contributed by atoms with Gasteiger partial charge in [-0.1, -0.05) is 0 Å². The highest BCUT2D eigenvalue weighted by Gasteiger charge is 2.11. The lowest BCUT2D eigenvalue weighted by Gasteiger charge is -2.26. The van der Waals surface area contributed by atoms with Crippen molar-refractivity contribution in [3.63, 3.8) is 0 Å². The van der Waals surface area contributed by atoms with Crippen molar-refractivity contribution in [3.05, 3.63) is 0 Å². The molecule has 0 bridgehead atoms. The van der Waals surface area contributed by atoms with Crippen molar-refractivity contribution in [1.82, 2.24) is 10.2 Å². The Balaban J connectivity index is 1.93. The summed E-state index contributed by atoms with van der Waals surface area (Å²) in [4.78, 5) is 24.4. The van der Waals surface area contributed by atoms with Gasteiger partial charge in [0.2, 0.25) is 0 Å². The van der Waals surface area contributed by atoms with E-state index in [1.165, 1.54) is 7.11 Å². The quantitative estimate of drug-likeness (QED) is 0.327. The number of hydrogen-bond acceptors (Lipinski definition) is 8. The molecule has 1 fully saturated rings. The van der Waals surface area contributed by atoms with Crippen molar-refractivity contribution in [2.24, 2.45) is 0 Å². The van der Waals surface area contributed by atoms with Crippen molar-refractivity contribution in [3.8, 4) is 0 Å². The van der Waals surface area contributed by atoms with Crippen LogP contribution in [-0.2, 0) is 28.5 Å². The Hall–Kier alpha value is -1.22. The number of methoxy groups -OCH3 is 1. The Bertz CT molecular complexity index is 294. The molecule has 0 atom stereocenters. The fourth-order valence-electron chi connectivity index (χ4n) is 1.56. The summed E-state index contributed by atoms with van der Waals surface area (Å²) in [5.74, 6) is -0.833. The monoisotopic (exact) mass is 290 g/mol. The third kappa shape index (κ3) is 8.05. The molecule has 1 aliphatic heterocycles. The maximum atomic E-state index is 11.4. The first-order valence-corrected chi connectivity index (χ1v) is 6.53. The topological polar surface area (TPSA) is 86.3 Å². The fraction of sp³-hybridized carbons (Fsp3) is 0.833. The first kappa shape index (κ1) is 16.8. The molecule has 1 N–H and O–H groups in total. The Labute approximate surface area is 118 Å². The predicted octanol–water partition coefficient (Wildman–Crippen LogP) is -1.05. The Kier molecular flexibility index (Phi) is 8.88. The highest BCUT2D eigenvalue weighted by Crippen LogP contribution is 1.95. The average Bonchev–Trinajstić information content (AvgIpc) is 2.46. The van der Waals surface area contributed by atoms with Crippen LogP contribution in [0, 0.1) is 0 Å². The number of rotatable bonds is 9. The van der Waals surface area contributed by atoms with Crippen molar-refractivity contribution in [2.45, 2.75) is 6.42 Å². The molecule has 8 nitrogen and oxygen atoms in total. The summed E-state index contributed by atoms with van der Waals surface area (Å²) in [6, 6.07) is 0. The molecule has 8 heteroatoms. The molecule has 0 unspecified atom stereocenters. The number of ether oxygens (including phenoxy) is 4. The van der Waals surface area contributed by atoms with Crippen LogP contribution in [0.4, 0.5) is 0 Å². The number of carbonyl (C=O) groups excluding carboxylic acids is 2. The van der Waals surface area contributed by atoms with Gasteiger partial charge in [-0.2, -0.15) is 0 Å². The molecule has 0 radical (unpaired) electrons. The van der Waals surface area contributed by atoms with E-state index in [4.69, 9.17) is 9.47 Å². The van der Waals surface area contributed by atoms with E-state index in [2.05, 4.69) is 19.7 Å². The molecule has 0 spiro atoms. The van der Waals surface area contributed by atoms with Gasteiger partial charge in [-0.3, -0.25) is 9.69 Å². The van der Waals surface area contributed by atoms with Crippen molar-refractivity contribution in [2.75, 3.05) is 60.0 Å². The SMILES string of the molecule is COCC(=O)OCOCCC(=O)OCN1CCNCC1. The van der Waals surface area contributed by atoms with Crippen LogP contribution in [0.5, 0.6) is 0 Å². The van der Waals surface area contributed by atoms with Crippen LogP contribution in [0.25, 0.3) is 0 Å². The van der Waals surface area contributed by atoms with Crippen LogP contribution in [0.1, 0.15) is 6.42 Å². The maximum Gasteiger partial charge on any atom is 0.334 e. The highest BCUT2D eigenvalue weighted by molar-refractivity contribution is 5.70. The second-order valence-electron chi connectivity index (χ2n) is 4.24. The van der Waals surface area contributed by atoms with E-state index in [1.54, 1.807) is 0 Å². The summed E-state index contributed by atoms with van der Waals surface area (Å²) in [5, 5.41) is 3.22. The highest BCUT2D eigenvalue weighted by atomic mass is 16.7. The van der Waals surface area contributed by atoms with Gasteiger partial charge in [-0.15, -0.1) is 0 Å². The van der Waals surface area contributed by atoms with Gasteiger partial charge in [0.15, 0.2) is 6.79 Å². The number of nitrogens with zero attached hydrogens (tertiary/aromatic N) is 1. The minimum absolute atomic E-state index is 0.115. The molecule has 1 aliphatic rings. The summed E-state index contributed by atoms with van der Waals surface area (Å²) in [6.07, 6.45) is 0.133. The zero-order valence-corrected chi connectivity index (χ0v) is 11.8. The molecule has 0 aromatic carbocycles. The second kappa shape index (κ2) is 10.6. The summed E-state index contributed by atoms with van der Waals surface area (Å²) in [6.45, 7) is 3.73. The zero-order valence-electron chi connectivity index (χ0n) is 11.8. The zero-order chi connectivity index (χ0) is 14.6. The first-order chi connectivity index (χ1) is 9.72. The predicted molar refractivity (Wildman–Crippen MR) is 68.8 cm³/mol. The van der Waals surface area contributed by atoms with Crippen LogP contribution in [0.3, 0.4) is 0 Å². The normalized spacial score (nSPS) is 15.8. The smallest absolute Gasteiger partial charge is 0.334 e. The molecular weight excluding hydrogens is 268 g/mol. The second-order valence-corrected chi connectivity index (χ2v) is 4.24. The third-order valence-electron chi connectivity index (χ3n) is 2.63. The summed E-state index contributed by atoms with van der Waals surface area (Å²) in [5.41, 5.74) is 0. The Morgan fingerprint density at radius 3 is 2.60 bits per heavy atom. The molecule has 1 heterocycles. The Morgan fingerprint density at radius 1 is 1.15 bits per heavy atom. The summed E-state index contributed by atoms with van der Waals surface area (Å²) >= 11 is 0. The van der Waals surface area contributed by atoms with Gasteiger partial charge < -0.3 is 24.3 Å². The van der Waals surface area contributed by atoms with Crippen LogP contribution >= 0.6 is 0 Å². The molecule has 1 rings (SSSR count). The van der Waals surface area contributed by atoms with E-state index in [-0.39, 0.29) is 32.4 Å². The molecule has 116 valence electrons. The number of esters is 2. The molecular formula is C12H22N2O6. The van der Waals surface area contributed by atoms with Crippen LogP contribution in [0.15, 0.2) is 0 Å². The number of carbonyl (C=O) groups is 2. The van der Waals surface area contributed by atoms with Gasteiger partial charge in [0.05, 0.1) is 13.0 Å². The lowest BCUT2D eigenvalue weighted by molar-refractivity contribution is -0.162. The molecule has 0 aromatic heterocycles. The lowest BCUT2D eigenvalue weighted by atomic mass is 10.4. The largest absolute Gasteiger partial charge is 0.449 e. The first-order valence-electron chi connectivity index (χ1n) is 6.53. The van der Waals surface area contributed by atoms with Gasteiger partial charge in [0, 0.05) is 33.3 Å². The van der Waals surface area contributed by atoms with E-state index in [0.717, 1.165) is 26.2 Å².